The molecule has 230 valence electrons. The van der Waals surface area contributed by atoms with Crippen LogP contribution in [0.1, 0.15) is 0 Å². The second-order valence-electron chi connectivity index (χ2n) is 9.65. The first-order chi connectivity index (χ1) is 22.2. The van der Waals surface area contributed by atoms with Gasteiger partial charge in [0.15, 0.2) is 11.4 Å². The normalized spacial score (nSPS) is 17.0. The number of nitrogens with zero attached hydrogens (tertiary/aromatic N) is 4. The van der Waals surface area contributed by atoms with Gasteiger partial charge in [-0.1, -0.05) is 83.4 Å². The van der Waals surface area contributed by atoms with Crippen molar-refractivity contribution in [2.45, 2.75) is 19.6 Å². The van der Waals surface area contributed by atoms with E-state index in [-0.39, 0.29) is 22.6 Å². The Morgan fingerprint density at radius 3 is 1.22 bits per heavy atom. The number of methoxy groups -OCH3 is 2. The monoisotopic (exact) mass is 688 g/mol. The number of fused-ring (bicyclic) bond motifs is 2. The molecule has 3 aromatic carbocycles. The molecule has 4 aliphatic rings. The summed E-state index contributed by atoms with van der Waals surface area (Å²) in [6, 6.07) is 17.5. The summed E-state index contributed by atoms with van der Waals surface area (Å²) in [6.45, 7) is 0. The Balaban J connectivity index is 1.30. The first-order valence-electron chi connectivity index (χ1n) is 13.3. The quantitative estimate of drug-likeness (QED) is 0.356. The van der Waals surface area contributed by atoms with E-state index in [1.807, 2.05) is 0 Å². The summed E-state index contributed by atoms with van der Waals surface area (Å²) in [4.78, 5) is 54.9. The van der Waals surface area contributed by atoms with Crippen LogP contribution in [0.15, 0.2) is 110 Å². The smallest absolute Gasteiger partial charge is 0.282 e. The molecule has 0 spiro atoms. The number of amides is 4. The van der Waals surface area contributed by atoms with E-state index in [0.717, 1.165) is 10.0 Å². The third kappa shape index (κ3) is 4.67. The van der Waals surface area contributed by atoms with Gasteiger partial charge in [0.25, 0.3) is 23.6 Å². The molecule has 0 aliphatic carbocycles. The predicted octanol–water partition coefficient (Wildman–Crippen LogP) is 4.30. The number of rotatable bonds is 6. The number of anilines is 2. The molecular formula is C30H20N6O6S4. The van der Waals surface area contributed by atoms with Gasteiger partial charge < -0.3 is 20.9 Å². The van der Waals surface area contributed by atoms with Crippen LogP contribution in [0, 0.1) is 0 Å². The van der Waals surface area contributed by atoms with Gasteiger partial charge in [-0.15, -0.1) is 0 Å². The van der Waals surface area contributed by atoms with Gasteiger partial charge in [0.05, 0.1) is 64.8 Å². The van der Waals surface area contributed by atoms with Crippen LogP contribution in [-0.2, 0) is 19.2 Å². The minimum Gasteiger partial charge on any atom is -0.494 e. The number of hydrazone groups is 2. The fourth-order valence-corrected chi connectivity index (χ4v) is 10.7. The number of ether oxygens (including phenoxy) is 2. The third-order valence-corrected chi connectivity index (χ3v) is 12.2. The number of carbonyl (C=O) groups excluding carboxylic acids is 4. The summed E-state index contributed by atoms with van der Waals surface area (Å²) in [5.74, 6) is -1.73. The Bertz CT molecular complexity index is 1840. The first-order valence-corrected chi connectivity index (χ1v) is 16.6. The van der Waals surface area contributed by atoms with E-state index in [9.17, 15) is 19.2 Å². The Morgan fingerprint density at radius 1 is 0.609 bits per heavy atom. The molecule has 4 amide bonds. The molecular weight excluding hydrogens is 669 g/mol. The maximum Gasteiger partial charge on any atom is 0.282 e. The maximum atomic E-state index is 13.7. The highest BCUT2D eigenvalue weighted by molar-refractivity contribution is 8.26. The lowest BCUT2D eigenvalue weighted by Crippen LogP contribution is -2.26. The zero-order valence-electron chi connectivity index (χ0n) is 23.8. The minimum atomic E-state index is -0.840. The van der Waals surface area contributed by atoms with Crippen molar-refractivity contribution in [3.8, 4) is 11.5 Å². The molecule has 46 heavy (non-hydrogen) atoms. The molecule has 0 bridgehead atoms. The van der Waals surface area contributed by atoms with Crippen LogP contribution in [0.2, 0.25) is 0 Å². The predicted molar refractivity (Wildman–Crippen MR) is 178 cm³/mol. The number of hydrogen-bond acceptors (Lipinski definition) is 12. The van der Waals surface area contributed by atoms with E-state index in [2.05, 4.69) is 10.2 Å². The number of nitrogens with two attached hydrogens (primary N) is 2. The molecule has 16 heteroatoms. The van der Waals surface area contributed by atoms with E-state index in [1.165, 1.54) is 61.3 Å². The molecule has 0 aromatic heterocycles. The Hall–Kier alpha value is -4.64. The molecule has 4 aliphatic heterocycles. The standard InChI is InChI=1S/C30H20N6O6S4/c1-41-19-21-23(45-29(43-21)15-17(25(31)37)33-35(27(15)39)13-9-5-3-6-10-13)20(42-2)24-22(19)44-30(46-24)16-18(26(32)38)34-36(28(16)40)14-11-7-4-8-12-14/h3-12H,1-2H3,(H2,31,37)(H2,32,38). The zero-order chi connectivity index (χ0) is 32.3. The van der Waals surface area contributed by atoms with Crippen LogP contribution < -0.4 is 31.0 Å². The third-order valence-electron chi connectivity index (χ3n) is 6.99. The van der Waals surface area contributed by atoms with Gasteiger partial charge in [-0.05, 0) is 24.3 Å². The van der Waals surface area contributed by atoms with Gasteiger partial charge in [0.2, 0.25) is 0 Å². The van der Waals surface area contributed by atoms with Crippen LogP contribution >= 0.6 is 47.0 Å². The average molecular weight is 689 g/mol. The molecule has 4 N–H and O–H groups in total. The van der Waals surface area contributed by atoms with Gasteiger partial charge in [-0.25, -0.2) is 0 Å². The highest BCUT2D eigenvalue weighted by atomic mass is 32.2. The van der Waals surface area contributed by atoms with Gasteiger partial charge in [0.1, 0.15) is 11.5 Å². The number of para-hydroxylation sites is 2. The van der Waals surface area contributed by atoms with Gasteiger partial charge in [-0.3, -0.25) is 19.2 Å². The summed E-state index contributed by atoms with van der Waals surface area (Å²) in [5.41, 5.74) is 12.2. The Kier molecular flexibility index (Phi) is 7.59. The topological polar surface area (TPSA) is 170 Å². The van der Waals surface area contributed by atoms with Crippen molar-refractivity contribution in [1.82, 2.24) is 0 Å². The molecule has 0 fully saturated rings. The van der Waals surface area contributed by atoms with Crippen LogP contribution in [0.25, 0.3) is 0 Å². The Morgan fingerprint density at radius 2 is 0.935 bits per heavy atom. The minimum absolute atomic E-state index is 0.0785. The summed E-state index contributed by atoms with van der Waals surface area (Å²) >= 11 is 4.92. The lowest BCUT2D eigenvalue weighted by atomic mass is 10.1. The second-order valence-corrected chi connectivity index (χ2v) is 14.2. The largest absolute Gasteiger partial charge is 0.494 e. The summed E-state index contributed by atoms with van der Waals surface area (Å²) in [7, 11) is 3.02. The second kappa shape index (κ2) is 11.6. The summed E-state index contributed by atoms with van der Waals surface area (Å²) < 4.78 is 12.8. The summed E-state index contributed by atoms with van der Waals surface area (Å²) in [5, 5.41) is 10.8. The Labute approximate surface area is 278 Å². The lowest BCUT2D eigenvalue weighted by molar-refractivity contribution is -0.115. The number of primary amides is 2. The van der Waals surface area contributed by atoms with Crippen LogP contribution in [0.3, 0.4) is 0 Å². The van der Waals surface area contributed by atoms with Crippen molar-refractivity contribution >= 4 is 93.5 Å². The van der Waals surface area contributed by atoms with E-state index in [1.54, 1.807) is 60.7 Å². The zero-order valence-corrected chi connectivity index (χ0v) is 27.1. The molecule has 4 heterocycles. The van der Waals surface area contributed by atoms with E-state index < -0.39 is 23.6 Å². The molecule has 7 rings (SSSR count). The van der Waals surface area contributed by atoms with Crippen molar-refractivity contribution in [2.75, 3.05) is 24.2 Å². The average Bonchev–Trinajstić information content (AvgIpc) is 3.83. The summed E-state index contributed by atoms with van der Waals surface area (Å²) in [6.07, 6.45) is 0. The number of benzene rings is 3. The van der Waals surface area contributed by atoms with E-state index in [0.29, 0.717) is 50.9 Å². The van der Waals surface area contributed by atoms with Gasteiger partial charge in [0, 0.05) is 0 Å². The molecule has 12 nitrogen and oxygen atoms in total. The molecule has 0 saturated heterocycles. The van der Waals surface area contributed by atoms with E-state index >= 15 is 0 Å². The fraction of sp³-hybridized carbons (Fsp3) is 0.0667. The number of thioether (sulfide) groups is 4. The van der Waals surface area contributed by atoms with Gasteiger partial charge in [-0.2, -0.15) is 20.2 Å². The van der Waals surface area contributed by atoms with Crippen LogP contribution in [0.4, 0.5) is 11.4 Å². The highest BCUT2D eigenvalue weighted by Gasteiger charge is 2.45. The molecule has 0 atom stereocenters. The SMILES string of the molecule is COc1c2c(c(OC)c3c1SC(=C1C(=O)N(c4ccccc4)N=C1C(N)=O)S3)SC(=C1C(=O)N(c3ccccc3)N=C1C(N)=O)S2. The fourth-order valence-electron chi connectivity index (χ4n) is 4.98. The van der Waals surface area contributed by atoms with Crippen molar-refractivity contribution in [3.05, 3.63) is 80.3 Å². The van der Waals surface area contributed by atoms with Crippen molar-refractivity contribution in [1.29, 1.82) is 0 Å². The van der Waals surface area contributed by atoms with Crippen LogP contribution in [0.5, 0.6) is 11.5 Å². The van der Waals surface area contributed by atoms with Crippen molar-refractivity contribution in [2.24, 2.45) is 21.7 Å². The lowest BCUT2D eigenvalue weighted by Gasteiger charge is -2.14. The number of carbonyl (C=O) groups is 4. The number of hydrogen-bond donors (Lipinski definition) is 2. The highest BCUT2D eigenvalue weighted by Crippen LogP contribution is 2.68. The molecule has 3 aromatic rings. The van der Waals surface area contributed by atoms with E-state index in [4.69, 9.17) is 20.9 Å². The molecule has 0 radical (unpaired) electrons. The maximum absolute atomic E-state index is 13.7. The van der Waals surface area contributed by atoms with Gasteiger partial charge >= 0.3 is 0 Å². The molecule has 0 saturated carbocycles. The first kappa shape index (κ1) is 30.0. The van der Waals surface area contributed by atoms with Crippen LogP contribution in [-0.4, -0.2) is 49.3 Å². The van der Waals surface area contributed by atoms with Crippen molar-refractivity contribution < 1.29 is 28.7 Å². The molecule has 0 unspecified atom stereocenters. The van der Waals surface area contributed by atoms with Crippen molar-refractivity contribution in [3.63, 3.8) is 0 Å².